The molecular weight excluding hydrogens is 568 g/mol. The summed E-state index contributed by atoms with van der Waals surface area (Å²) in [5.74, 6) is 0.804. The number of nitrogens with zero attached hydrogens (tertiary/aromatic N) is 4. The second kappa shape index (κ2) is 12.6. The van der Waals surface area contributed by atoms with E-state index >= 15 is 0 Å². The molecule has 8 nitrogen and oxygen atoms in total. The minimum atomic E-state index is -0.387. The Balaban J connectivity index is 1.22. The quantitative estimate of drug-likeness (QED) is 0.143. The van der Waals surface area contributed by atoms with Gasteiger partial charge in [0.1, 0.15) is 22.6 Å². The number of carbonyl (C=O) groups is 1. The van der Waals surface area contributed by atoms with Crippen molar-refractivity contribution in [3.8, 4) is 17.0 Å². The summed E-state index contributed by atoms with van der Waals surface area (Å²) in [7, 11) is 0. The number of hydrogen-bond acceptors (Lipinski definition) is 6. The van der Waals surface area contributed by atoms with Crippen molar-refractivity contribution >= 4 is 63.3 Å². The predicted molar refractivity (Wildman–Crippen MR) is 174 cm³/mol. The van der Waals surface area contributed by atoms with Crippen molar-refractivity contribution in [2.75, 3.05) is 23.3 Å². The molecule has 2 N–H and O–H groups in total. The Kier molecular flexibility index (Phi) is 8.70. The molecule has 2 aromatic heterocycles. The fraction of sp³-hybridized carbons (Fsp3) is 0.188. The Morgan fingerprint density at radius 3 is 2.38 bits per heavy atom. The molecule has 0 aliphatic rings. The summed E-state index contributed by atoms with van der Waals surface area (Å²) in [5.41, 5.74) is 6.99. The number of thiocarbonyl (C=S) groups is 1. The van der Waals surface area contributed by atoms with Gasteiger partial charge in [-0.15, -0.1) is 10.2 Å². The molecule has 214 valence electrons. The molecule has 5 rings (SSSR count). The van der Waals surface area contributed by atoms with E-state index in [9.17, 15) is 4.79 Å². The maximum atomic E-state index is 12.5. The van der Waals surface area contributed by atoms with Crippen LogP contribution in [0.5, 0.6) is 0 Å². The highest BCUT2D eigenvalue weighted by Crippen LogP contribution is 2.27. The van der Waals surface area contributed by atoms with E-state index in [1.807, 2.05) is 62.4 Å². The van der Waals surface area contributed by atoms with Gasteiger partial charge < -0.3 is 14.6 Å². The number of furan rings is 1. The number of fused-ring (bicyclic) bond motifs is 1. The highest BCUT2D eigenvalue weighted by Gasteiger charge is 2.12. The van der Waals surface area contributed by atoms with E-state index < -0.39 is 0 Å². The third-order valence-corrected chi connectivity index (χ3v) is 7.51. The van der Waals surface area contributed by atoms with Gasteiger partial charge in [0.15, 0.2) is 5.11 Å². The average molecular weight is 599 g/mol. The van der Waals surface area contributed by atoms with Crippen LogP contribution in [0, 0.1) is 13.8 Å². The molecule has 0 saturated carbocycles. The zero-order valence-electron chi connectivity index (χ0n) is 23.8. The Morgan fingerprint density at radius 2 is 1.69 bits per heavy atom. The van der Waals surface area contributed by atoms with E-state index in [4.69, 9.17) is 28.2 Å². The molecular formula is C32H31ClN6O2S. The highest BCUT2D eigenvalue weighted by molar-refractivity contribution is 7.80. The van der Waals surface area contributed by atoms with E-state index in [0.29, 0.717) is 22.1 Å². The van der Waals surface area contributed by atoms with Crippen LogP contribution in [-0.2, 0) is 4.79 Å². The van der Waals surface area contributed by atoms with E-state index in [0.717, 1.165) is 52.4 Å². The molecule has 42 heavy (non-hydrogen) atoms. The lowest BCUT2D eigenvalue weighted by atomic mass is 10.1. The Hall–Kier alpha value is -4.47. The first-order chi connectivity index (χ1) is 20.2. The molecule has 0 atom stereocenters. The van der Waals surface area contributed by atoms with Crippen LogP contribution in [0.4, 0.5) is 11.4 Å². The minimum Gasteiger partial charge on any atom is -0.457 e. The fourth-order valence-corrected chi connectivity index (χ4v) is 4.90. The second-order valence-electron chi connectivity index (χ2n) is 9.78. The van der Waals surface area contributed by atoms with Crippen LogP contribution in [0.2, 0.25) is 5.02 Å². The maximum Gasteiger partial charge on any atom is 0.250 e. The van der Waals surface area contributed by atoms with Gasteiger partial charge in [0, 0.05) is 41.1 Å². The normalized spacial score (nSPS) is 11.3. The Morgan fingerprint density at radius 1 is 0.976 bits per heavy atom. The summed E-state index contributed by atoms with van der Waals surface area (Å²) in [6.45, 7) is 10.1. The average Bonchev–Trinajstić information content (AvgIpc) is 3.62. The molecule has 2 heterocycles. The molecule has 3 aromatic carbocycles. The molecule has 0 aliphatic carbocycles. The molecule has 0 fully saturated rings. The van der Waals surface area contributed by atoms with Crippen LogP contribution >= 0.6 is 23.8 Å². The van der Waals surface area contributed by atoms with E-state index in [2.05, 4.69) is 51.7 Å². The van der Waals surface area contributed by atoms with Gasteiger partial charge in [0.2, 0.25) is 5.91 Å². The molecule has 0 spiro atoms. The lowest BCUT2D eigenvalue weighted by Gasteiger charge is -2.20. The molecule has 0 bridgehead atoms. The van der Waals surface area contributed by atoms with Crippen LogP contribution in [-0.4, -0.2) is 39.1 Å². The molecule has 0 aliphatic heterocycles. The molecule has 1 amide bonds. The van der Waals surface area contributed by atoms with Crippen molar-refractivity contribution in [3.63, 3.8) is 0 Å². The number of nitrogens with one attached hydrogen (secondary N) is 2. The number of aryl methyl sites for hydroxylation is 2. The molecule has 0 radical (unpaired) electrons. The van der Waals surface area contributed by atoms with Gasteiger partial charge in [-0.05, 0) is 112 Å². The minimum absolute atomic E-state index is 0.168. The van der Waals surface area contributed by atoms with Gasteiger partial charge in [-0.3, -0.25) is 10.1 Å². The summed E-state index contributed by atoms with van der Waals surface area (Å²) in [4.78, 5) is 16.4. The number of hydrogen-bond donors (Lipinski definition) is 2. The second-order valence-corrected chi connectivity index (χ2v) is 10.6. The predicted octanol–water partition coefficient (Wildman–Crippen LogP) is 7.32. The van der Waals surface area contributed by atoms with Crippen molar-refractivity contribution in [2.45, 2.75) is 27.7 Å². The third kappa shape index (κ3) is 6.53. The molecule has 0 saturated heterocycles. The summed E-state index contributed by atoms with van der Waals surface area (Å²) >= 11 is 11.6. The van der Waals surface area contributed by atoms with Crippen LogP contribution in [0.3, 0.4) is 0 Å². The van der Waals surface area contributed by atoms with E-state index in [-0.39, 0.29) is 11.0 Å². The first-order valence-electron chi connectivity index (χ1n) is 13.6. The van der Waals surface area contributed by atoms with Gasteiger partial charge in [-0.1, -0.05) is 23.7 Å². The zero-order valence-corrected chi connectivity index (χ0v) is 25.4. The fourth-order valence-electron chi connectivity index (χ4n) is 4.51. The number of aromatic nitrogens is 3. The van der Waals surface area contributed by atoms with Gasteiger partial charge >= 0.3 is 0 Å². The van der Waals surface area contributed by atoms with Gasteiger partial charge in [-0.25, -0.2) is 0 Å². The zero-order chi connectivity index (χ0) is 29.8. The van der Waals surface area contributed by atoms with Gasteiger partial charge in [-0.2, -0.15) is 4.80 Å². The Bertz CT molecular complexity index is 1790. The van der Waals surface area contributed by atoms with Crippen LogP contribution < -0.4 is 15.5 Å². The lowest BCUT2D eigenvalue weighted by molar-refractivity contribution is -0.115. The molecule has 5 aromatic rings. The topological polar surface area (TPSA) is 88.2 Å². The number of rotatable bonds is 8. The van der Waals surface area contributed by atoms with Crippen molar-refractivity contribution in [1.29, 1.82) is 0 Å². The standard InChI is InChI=1S/C32H31ClN6O2S/c1-5-38(6-2)23-9-11-24(12-10-23)39-36-28-17-21(4)27(19-29(28)37-39)34-32(42)35-31(40)16-14-25-13-15-30(41-25)22-8-7-20(3)26(33)18-22/h7-19H,5-6H2,1-4H3,(H2,34,35,40,42)/b16-14+. The first-order valence-corrected chi connectivity index (χ1v) is 14.4. The highest BCUT2D eigenvalue weighted by atomic mass is 35.5. The number of anilines is 2. The SMILES string of the molecule is CCN(CC)c1ccc(-n2nc3cc(C)c(NC(=S)NC(=O)/C=C/c4ccc(-c5ccc(C)c(Cl)c5)o4)cc3n2)cc1. The Labute approximate surface area is 255 Å². The molecule has 10 heteroatoms. The third-order valence-electron chi connectivity index (χ3n) is 6.90. The van der Waals surface area contributed by atoms with Crippen molar-refractivity contribution in [1.82, 2.24) is 20.3 Å². The van der Waals surface area contributed by atoms with Crippen molar-refractivity contribution in [3.05, 3.63) is 94.7 Å². The van der Waals surface area contributed by atoms with Crippen LogP contribution in [0.25, 0.3) is 34.1 Å². The lowest BCUT2D eigenvalue weighted by Crippen LogP contribution is -2.33. The monoisotopic (exact) mass is 598 g/mol. The van der Waals surface area contributed by atoms with Crippen LogP contribution in [0.1, 0.15) is 30.7 Å². The summed E-state index contributed by atoms with van der Waals surface area (Å²) < 4.78 is 5.84. The van der Waals surface area contributed by atoms with E-state index in [1.165, 1.54) is 6.08 Å². The van der Waals surface area contributed by atoms with Crippen molar-refractivity contribution in [2.24, 2.45) is 0 Å². The molecule has 0 unspecified atom stereocenters. The maximum absolute atomic E-state index is 12.5. The van der Waals surface area contributed by atoms with Gasteiger partial charge in [0.25, 0.3) is 0 Å². The number of carbonyl (C=O) groups excluding carboxylic acids is 1. The largest absolute Gasteiger partial charge is 0.457 e. The van der Waals surface area contributed by atoms with E-state index in [1.54, 1.807) is 16.9 Å². The van der Waals surface area contributed by atoms with Crippen molar-refractivity contribution < 1.29 is 9.21 Å². The van der Waals surface area contributed by atoms with Gasteiger partial charge in [0.05, 0.1) is 5.69 Å². The van der Waals surface area contributed by atoms with Crippen LogP contribution in [0.15, 0.2) is 77.2 Å². The summed E-state index contributed by atoms with van der Waals surface area (Å²) in [5, 5.41) is 15.9. The summed E-state index contributed by atoms with van der Waals surface area (Å²) in [6.07, 6.45) is 2.95. The number of halogens is 1. The number of benzene rings is 3. The smallest absolute Gasteiger partial charge is 0.250 e. The number of amides is 1. The first kappa shape index (κ1) is 29.0. The summed E-state index contributed by atoms with van der Waals surface area (Å²) in [6, 6.07) is 21.3.